The van der Waals surface area contributed by atoms with Crippen molar-refractivity contribution >= 4 is 11.8 Å². The molecule has 128 valence electrons. The number of aryl methyl sites for hydroxylation is 1. The molecule has 0 spiro atoms. The highest BCUT2D eigenvalue weighted by molar-refractivity contribution is 5.88. The molecule has 0 fully saturated rings. The van der Waals surface area contributed by atoms with Crippen LogP contribution < -0.4 is 10.6 Å². The molecule has 0 radical (unpaired) electrons. The van der Waals surface area contributed by atoms with E-state index in [4.69, 9.17) is 0 Å². The van der Waals surface area contributed by atoms with E-state index in [-0.39, 0.29) is 18.2 Å². The quantitative estimate of drug-likeness (QED) is 0.847. The average Bonchev–Trinajstić information content (AvgIpc) is 2.84. The van der Waals surface area contributed by atoms with Crippen LogP contribution in [-0.4, -0.2) is 34.2 Å². The first-order chi connectivity index (χ1) is 11.4. The molecule has 2 N–H and O–H groups in total. The first-order valence-corrected chi connectivity index (χ1v) is 8.11. The van der Waals surface area contributed by atoms with Gasteiger partial charge in [0.25, 0.3) is 0 Å². The van der Waals surface area contributed by atoms with Crippen molar-refractivity contribution in [2.45, 2.75) is 40.2 Å². The van der Waals surface area contributed by atoms with E-state index in [0.29, 0.717) is 6.54 Å². The summed E-state index contributed by atoms with van der Waals surface area (Å²) < 4.78 is 1.84. The van der Waals surface area contributed by atoms with Crippen molar-refractivity contribution in [1.82, 2.24) is 20.4 Å². The second-order valence-corrected chi connectivity index (χ2v) is 5.76. The van der Waals surface area contributed by atoms with Gasteiger partial charge in [0.15, 0.2) is 0 Å². The lowest BCUT2D eigenvalue weighted by Crippen LogP contribution is -2.45. The number of nitrogens with one attached hydrogen (secondary N) is 2. The van der Waals surface area contributed by atoms with E-state index in [2.05, 4.69) is 15.7 Å². The number of para-hydroxylation sites is 1. The second-order valence-electron chi connectivity index (χ2n) is 5.76. The third-order valence-corrected chi connectivity index (χ3v) is 3.90. The van der Waals surface area contributed by atoms with Crippen LogP contribution >= 0.6 is 0 Å². The van der Waals surface area contributed by atoms with Gasteiger partial charge >= 0.3 is 0 Å². The molecule has 1 aromatic heterocycles. The van der Waals surface area contributed by atoms with E-state index < -0.39 is 6.04 Å². The van der Waals surface area contributed by atoms with Gasteiger partial charge in [-0.1, -0.05) is 18.2 Å². The molecule has 2 aromatic rings. The van der Waals surface area contributed by atoms with Gasteiger partial charge in [-0.3, -0.25) is 9.59 Å². The van der Waals surface area contributed by atoms with Crippen LogP contribution in [0.25, 0.3) is 5.69 Å². The maximum atomic E-state index is 12.3. The molecule has 2 rings (SSSR count). The van der Waals surface area contributed by atoms with Crippen LogP contribution in [0.1, 0.15) is 30.8 Å². The standard InChI is InChI=1S/C18H24N4O2/c1-5-19-18(24)13(3)20-17(23)11-16-12(2)21-22(14(16)4)15-9-7-6-8-10-15/h6-10,13H,5,11H2,1-4H3,(H,19,24)(H,20,23)/t13-/m0/s1. The lowest BCUT2D eigenvalue weighted by molar-refractivity contribution is -0.128. The lowest BCUT2D eigenvalue weighted by Gasteiger charge is -2.13. The van der Waals surface area contributed by atoms with E-state index in [9.17, 15) is 9.59 Å². The molecule has 0 bridgehead atoms. The summed E-state index contributed by atoms with van der Waals surface area (Å²) in [6.45, 7) is 7.90. The van der Waals surface area contributed by atoms with Crippen molar-refractivity contribution in [2.24, 2.45) is 0 Å². The molecule has 6 nitrogen and oxygen atoms in total. The fourth-order valence-electron chi connectivity index (χ4n) is 2.60. The predicted molar refractivity (Wildman–Crippen MR) is 93.0 cm³/mol. The summed E-state index contributed by atoms with van der Waals surface area (Å²) in [4.78, 5) is 24.0. The summed E-state index contributed by atoms with van der Waals surface area (Å²) in [7, 11) is 0. The van der Waals surface area contributed by atoms with Crippen LogP contribution in [0.2, 0.25) is 0 Å². The molecule has 6 heteroatoms. The second kappa shape index (κ2) is 7.77. The summed E-state index contributed by atoms with van der Waals surface area (Å²) in [5, 5.41) is 9.96. The van der Waals surface area contributed by atoms with Crippen molar-refractivity contribution in [1.29, 1.82) is 0 Å². The van der Waals surface area contributed by atoms with E-state index >= 15 is 0 Å². The van der Waals surface area contributed by atoms with E-state index in [1.165, 1.54) is 0 Å². The summed E-state index contributed by atoms with van der Waals surface area (Å²) in [6, 6.07) is 9.24. The molecule has 0 aliphatic rings. The predicted octanol–water partition coefficient (Wildman–Crippen LogP) is 1.67. The molecule has 0 saturated carbocycles. The molecule has 1 atom stereocenters. The summed E-state index contributed by atoms with van der Waals surface area (Å²) in [5.74, 6) is -0.369. The number of benzene rings is 1. The maximum Gasteiger partial charge on any atom is 0.242 e. The van der Waals surface area contributed by atoms with Crippen molar-refractivity contribution in [3.8, 4) is 5.69 Å². The molecule has 0 saturated heterocycles. The molecule has 1 heterocycles. The average molecular weight is 328 g/mol. The van der Waals surface area contributed by atoms with Crippen molar-refractivity contribution in [2.75, 3.05) is 6.54 Å². The van der Waals surface area contributed by atoms with E-state index in [1.807, 2.05) is 55.8 Å². The summed E-state index contributed by atoms with van der Waals surface area (Å²) >= 11 is 0. The fourth-order valence-corrected chi connectivity index (χ4v) is 2.60. The monoisotopic (exact) mass is 328 g/mol. The Labute approximate surface area is 142 Å². The number of likely N-dealkylation sites (N-methyl/N-ethyl adjacent to an activating group) is 1. The highest BCUT2D eigenvalue weighted by Crippen LogP contribution is 2.18. The third kappa shape index (κ3) is 4.01. The van der Waals surface area contributed by atoms with Crippen LogP contribution in [0.3, 0.4) is 0 Å². The van der Waals surface area contributed by atoms with Crippen LogP contribution in [0.5, 0.6) is 0 Å². The molecule has 1 aromatic carbocycles. The lowest BCUT2D eigenvalue weighted by atomic mass is 10.1. The number of carbonyl (C=O) groups excluding carboxylic acids is 2. The Balaban J connectivity index is 2.12. The van der Waals surface area contributed by atoms with Gasteiger partial charge in [-0.2, -0.15) is 5.10 Å². The molecule has 2 amide bonds. The number of hydrogen-bond donors (Lipinski definition) is 2. The molecular formula is C18H24N4O2. The topological polar surface area (TPSA) is 76.0 Å². The molecule has 0 aliphatic carbocycles. The van der Waals surface area contributed by atoms with Gasteiger partial charge in [0.2, 0.25) is 11.8 Å². The summed E-state index contributed by atoms with van der Waals surface area (Å²) in [6.07, 6.45) is 0.203. The van der Waals surface area contributed by atoms with Crippen LogP contribution in [-0.2, 0) is 16.0 Å². The number of aromatic nitrogens is 2. The molecule has 24 heavy (non-hydrogen) atoms. The number of nitrogens with zero attached hydrogens (tertiary/aromatic N) is 2. The largest absolute Gasteiger partial charge is 0.355 e. The van der Waals surface area contributed by atoms with Gasteiger partial charge in [-0.15, -0.1) is 0 Å². The fraction of sp³-hybridized carbons (Fsp3) is 0.389. The first-order valence-electron chi connectivity index (χ1n) is 8.11. The number of rotatable bonds is 6. The van der Waals surface area contributed by atoms with Crippen molar-refractivity contribution in [3.05, 3.63) is 47.3 Å². The Morgan fingerprint density at radius 1 is 1.21 bits per heavy atom. The smallest absolute Gasteiger partial charge is 0.242 e. The van der Waals surface area contributed by atoms with E-state index in [0.717, 1.165) is 22.6 Å². The minimum absolute atomic E-state index is 0.181. The van der Waals surface area contributed by atoms with E-state index in [1.54, 1.807) is 6.92 Å². The Kier molecular flexibility index (Phi) is 5.73. The maximum absolute atomic E-state index is 12.3. The van der Waals surface area contributed by atoms with Crippen LogP contribution in [0.15, 0.2) is 30.3 Å². The highest BCUT2D eigenvalue weighted by Gasteiger charge is 2.19. The first kappa shape index (κ1) is 17.7. The van der Waals surface area contributed by atoms with Gasteiger partial charge in [-0.25, -0.2) is 4.68 Å². The summed E-state index contributed by atoms with van der Waals surface area (Å²) in [5.41, 5.74) is 3.59. The molecule has 0 unspecified atom stereocenters. The van der Waals surface area contributed by atoms with Gasteiger partial charge in [0, 0.05) is 17.8 Å². The van der Waals surface area contributed by atoms with Gasteiger partial charge in [0.05, 0.1) is 17.8 Å². The minimum Gasteiger partial charge on any atom is -0.355 e. The van der Waals surface area contributed by atoms with Crippen molar-refractivity contribution < 1.29 is 9.59 Å². The number of hydrogen-bond acceptors (Lipinski definition) is 3. The zero-order chi connectivity index (χ0) is 17.7. The number of carbonyl (C=O) groups is 2. The van der Waals surface area contributed by atoms with Gasteiger partial charge < -0.3 is 10.6 Å². The Bertz CT molecular complexity index is 722. The zero-order valence-electron chi connectivity index (χ0n) is 14.6. The van der Waals surface area contributed by atoms with Crippen LogP contribution in [0, 0.1) is 13.8 Å². The Hall–Kier alpha value is -2.63. The number of amides is 2. The zero-order valence-corrected chi connectivity index (χ0v) is 14.6. The van der Waals surface area contributed by atoms with Crippen LogP contribution in [0.4, 0.5) is 0 Å². The Morgan fingerprint density at radius 3 is 2.50 bits per heavy atom. The van der Waals surface area contributed by atoms with Crippen molar-refractivity contribution in [3.63, 3.8) is 0 Å². The Morgan fingerprint density at radius 2 is 1.88 bits per heavy atom. The minimum atomic E-state index is -0.553. The SMILES string of the molecule is CCNC(=O)[C@H](C)NC(=O)Cc1c(C)nn(-c2ccccc2)c1C. The molecular weight excluding hydrogens is 304 g/mol. The highest BCUT2D eigenvalue weighted by atomic mass is 16.2. The van der Waals surface area contributed by atoms with Gasteiger partial charge in [0.1, 0.15) is 6.04 Å². The molecule has 0 aliphatic heterocycles. The normalized spacial score (nSPS) is 11.8. The third-order valence-electron chi connectivity index (χ3n) is 3.90. The van der Waals surface area contributed by atoms with Gasteiger partial charge in [-0.05, 0) is 39.8 Å².